The number of hydrogen-bond acceptors (Lipinski definition) is 3. The summed E-state index contributed by atoms with van der Waals surface area (Å²) in [4.78, 5) is 15.9. The van der Waals surface area contributed by atoms with Crippen LogP contribution >= 0.6 is 0 Å². The normalized spacial score (nSPS) is 10.6. The van der Waals surface area contributed by atoms with Crippen molar-refractivity contribution in [3.05, 3.63) is 41.8 Å². The minimum absolute atomic E-state index is 0.106. The van der Waals surface area contributed by atoms with Gasteiger partial charge in [-0.3, -0.25) is 9.78 Å². The molecule has 2 aromatic rings. The summed E-state index contributed by atoms with van der Waals surface area (Å²) in [5.74, 6) is -0.398. The van der Waals surface area contributed by atoms with Crippen molar-refractivity contribution in [3.63, 3.8) is 0 Å². The first-order valence-corrected chi connectivity index (χ1v) is 6.00. The molecule has 0 radical (unpaired) electrons. The fourth-order valence-corrected chi connectivity index (χ4v) is 1.76. The number of benzene rings is 1. The highest BCUT2D eigenvalue weighted by atomic mass is 19.1. The molecule has 2 rings (SSSR count). The Hall–Kier alpha value is -2.01. The molecule has 1 amide bonds. The van der Waals surface area contributed by atoms with E-state index in [-0.39, 0.29) is 18.1 Å². The molecule has 1 aromatic heterocycles. The summed E-state index contributed by atoms with van der Waals surface area (Å²) < 4.78 is 17.9. The SMILES string of the molecule is COCCNC(=O)Cc1ccc2cc(F)ccc2n1. The van der Waals surface area contributed by atoms with E-state index in [9.17, 15) is 9.18 Å². The molecule has 1 aromatic carbocycles. The number of carbonyl (C=O) groups excluding carboxylic acids is 1. The van der Waals surface area contributed by atoms with Gasteiger partial charge in [-0.15, -0.1) is 0 Å². The van der Waals surface area contributed by atoms with Gasteiger partial charge in [0, 0.05) is 19.0 Å². The third kappa shape index (κ3) is 3.72. The summed E-state index contributed by atoms with van der Waals surface area (Å²) in [5, 5.41) is 3.45. The lowest BCUT2D eigenvalue weighted by Crippen LogP contribution is -2.28. The highest BCUT2D eigenvalue weighted by molar-refractivity contribution is 5.81. The van der Waals surface area contributed by atoms with Crippen molar-refractivity contribution in [2.45, 2.75) is 6.42 Å². The summed E-state index contributed by atoms with van der Waals surface area (Å²) >= 11 is 0. The van der Waals surface area contributed by atoms with Crippen LogP contribution < -0.4 is 5.32 Å². The summed E-state index contributed by atoms with van der Waals surface area (Å²) in [6.45, 7) is 0.963. The van der Waals surface area contributed by atoms with Crippen molar-refractivity contribution in [1.82, 2.24) is 10.3 Å². The average molecular weight is 262 g/mol. The minimum atomic E-state index is -0.292. The number of carbonyl (C=O) groups is 1. The molecule has 1 N–H and O–H groups in total. The quantitative estimate of drug-likeness (QED) is 0.834. The van der Waals surface area contributed by atoms with Gasteiger partial charge in [0.15, 0.2) is 0 Å². The molecule has 0 aliphatic carbocycles. The second-order valence-electron chi connectivity index (χ2n) is 4.16. The number of methoxy groups -OCH3 is 1. The smallest absolute Gasteiger partial charge is 0.226 e. The van der Waals surface area contributed by atoms with Crippen molar-refractivity contribution < 1.29 is 13.9 Å². The topological polar surface area (TPSA) is 51.2 Å². The molecule has 0 saturated carbocycles. The summed E-state index contributed by atoms with van der Waals surface area (Å²) in [7, 11) is 1.58. The van der Waals surface area contributed by atoms with Gasteiger partial charge < -0.3 is 10.1 Å². The van der Waals surface area contributed by atoms with Crippen LogP contribution in [0.2, 0.25) is 0 Å². The van der Waals surface area contributed by atoms with Gasteiger partial charge in [0.1, 0.15) is 5.82 Å². The number of nitrogens with zero attached hydrogens (tertiary/aromatic N) is 1. The van der Waals surface area contributed by atoms with E-state index in [1.165, 1.54) is 12.1 Å². The average Bonchev–Trinajstić information content (AvgIpc) is 2.39. The Kier molecular flexibility index (Phi) is 4.41. The minimum Gasteiger partial charge on any atom is -0.383 e. The summed E-state index contributed by atoms with van der Waals surface area (Å²) in [5.41, 5.74) is 1.35. The number of fused-ring (bicyclic) bond motifs is 1. The summed E-state index contributed by atoms with van der Waals surface area (Å²) in [6.07, 6.45) is 0.205. The Morgan fingerprint density at radius 1 is 1.37 bits per heavy atom. The van der Waals surface area contributed by atoms with E-state index in [4.69, 9.17) is 4.74 Å². The molecule has 0 atom stereocenters. The van der Waals surface area contributed by atoms with Crippen molar-refractivity contribution >= 4 is 16.8 Å². The maximum atomic E-state index is 13.0. The Bertz CT molecular complexity index is 587. The van der Waals surface area contributed by atoms with Crippen LogP contribution in [-0.2, 0) is 16.0 Å². The number of amides is 1. The first-order chi connectivity index (χ1) is 9.19. The molecule has 4 nitrogen and oxygen atoms in total. The monoisotopic (exact) mass is 262 g/mol. The maximum absolute atomic E-state index is 13.0. The maximum Gasteiger partial charge on any atom is 0.226 e. The van der Waals surface area contributed by atoms with E-state index in [1.54, 1.807) is 25.3 Å². The van der Waals surface area contributed by atoms with Crippen LogP contribution in [0.5, 0.6) is 0 Å². The number of rotatable bonds is 5. The molecule has 0 fully saturated rings. The Labute approximate surface area is 110 Å². The largest absolute Gasteiger partial charge is 0.383 e. The van der Waals surface area contributed by atoms with Gasteiger partial charge >= 0.3 is 0 Å². The molecule has 0 bridgehead atoms. The Balaban J connectivity index is 2.05. The van der Waals surface area contributed by atoms with Gasteiger partial charge in [0.25, 0.3) is 0 Å². The van der Waals surface area contributed by atoms with Crippen LogP contribution in [0.15, 0.2) is 30.3 Å². The van der Waals surface area contributed by atoms with Gasteiger partial charge in [0.05, 0.1) is 24.2 Å². The van der Waals surface area contributed by atoms with Gasteiger partial charge in [-0.05, 0) is 24.3 Å². The third-order valence-electron chi connectivity index (χ3n) is 2.68. The van der Waals surface area contributed by atoms with Crippen LogP contribution in [0, 0.1) is 5.82 Å². The van der Waals surface area contributed by atoms with Gasteiger partial charge in [-0.25, -0.2) is 4.39 Å². The highest BCUT2D eigenvalue weighted by Gasteiger charge is 2.05. The standard InChI is InChI=1S/C14H15FN2O2/c1-19-7-6-16-14(18)9-12-4-2-10-8-11(15)3-5-13(10)17-12/h2-5,8H,6-7,9H2,1H3,(H,16,18). The molecule has 0 unspecified atom stereocenters. The van der Waals surface area contributed by atoms with Crippen LogP contribution in [0.3, 0.4) is 0 Å². The van der Waals surface area contributed by atoms with E-state index >= 15 is 0 Å². The fourth-order valence-electron chi connectivity index (χ4n) is 1.76. The second-order valence-corrected chi connectivity index (χ2v) is 4.16. The van der Waals surface area contributed by atoms with Gasteiger partial charge in [-0.2, -0.15) is 0 Å². The first kappa shape index (κ1) is 13.4. The lowest BCUT2D eigenvalue weighted by molar-refractivity contribution is -0.120. The van der Waals surface area contributed by atoms with Crippen molar-refractivity contribution in [1.29, 1.82) is 0 Å². The third-order valence-corrected chi connectivity index (χ3v) is 2.68. The van der Waals surface area contributed by atoms with Gasteiger partial charge in [0.2, 0.25) is 5.91 Å². The predicted molar refractivity (Wildman–Crippen MR) is 70.3 cm³/mol. The number of ether oxygens (including phenoxy) is 1. The molecule has 0 spiro atoms. The molecular formula is C14H15FN2O2. The molecular weight excluding hydrogens is 247 g/mol. The van der Waals surface area contributed by atoms with Crippen LogP contribution in [-0.4, -0.2) is 31.2 Å². The lowest BCUT2D eigenvalue weighted by Gasteiger charge is -2.05. The molecule has 100 valence electrons. The zero-order valence-corrected chi connectivity index (χ0v) is 10.6. The van der Waals surface area contributed by atoms with Crippen molar-refractivity contribution in [2.75, 3.05) is 20.3 Å². The van der Waals surface area contributed by atoms with Crippen LogP contribution in [0.25, 0.3) is 10.9 Å². The Morgan fingerprint density at radius 3 is 3.00 bits per heavy atom. The van der Waals surface area contributed by atoms with E-state index in [2.05, 4.69) is 10.3 Å². The Morgan fingerprint density at radius 2 is 2.21 bits per heavy atom. The van der Waals surface area contributed by atoms with Crippen LogP contribution in [0.4, 0.5) is 4.39 Å². The van der Waals surface area contributed by atoms with E-state index in [1.807, 2.05) is 0 Å². The van der Waals surface area contributed by atoms with Crippen LogP contribution in [0.1, 0.15) is 5.69 Å². The number of nitrogens with one attached hydrogen (secondary N) is 1. The molecule has 0 aliphatic rings. The predicted octanol–water partition coefficient (Wildman–Crippen LogP) is 1.68. The molecule has 5 heteroatoms. The number of hydrogen-bond donors (Lipinski definition) is 1. The zero-order valence-electron chi connectivity index (χ0n) is 10.6. The molecule has 1 heterocycles. The van der Waals surface area contributed by atoms with E-state index in [0.717, 1.165) is 5.39 Å². The first-order valence-electron chi connectivity index (χ1n) is 6.00. The molecule has 0 saturated heterocycles. The van der Waals surface area contributed by atoms with E-state index in [0.29, 0.717) is 24.4 Å². The number of pyridine rings is 1. The van der Waals surface area contributed by atoms with Crippen molar-refractivity contribution in [3.8, 4) is 0 Å². The lowest BCUT2D eigenvalue weighted by atomic mass is 10.1. The number of aromatic nitrogens is 1. The van der Waals surface area contributed by atoms with Crippen molar-refractivity contribution in [2.24, 2.45) is 0 Å². The molecule has 0 aliphatic heterocycles. The molecule has 19 heavy (non-hydrogen) atoms. The summed E-state index contributed by atoms with van der Waals surface area (Å²) in [6, 6.07) is 7.89. The zero-order chi connectivity index (χ0) is 13.7. The van der Waals surface area contributed by atoms with Gasteiger partial charge in [-0.1, -0.05) is 6.07 Å². The highest BCUT2D eigenvalue weighted by Crippen LogP contribution is 2.14. The number of halogens is 1. The second kappa shape index (κ2) is 6.24. The fraction of sp³-hybridized carbons (Fsp3) is 0.286. The van der Waals surface area contributed by atoms with E-state index < -0.39 is 0 Å².